The van der Waals surface area contributed by atoms with Gasteiger partial charge in [-0.1, -0.05) is 36.4 Å². The summed E-state index contributed by atoms with van der Waals surface area (Å²) in [6, 6.07) is 20.9. The van der Waals surface area contributed by atoms with Gasteiger partial charge in [-0.05, 0) is 61.4 Å². The van der Waals surface area contributed by atoms with Crippen molar-refractivity contribution >= 4 is 17.8 Å². The highest BCUT2D eigenvalue weighted by Crippen LogP contribution is 2.31. The molecule has 0 aliphatic rings. The molecule has 2 aromatic carbocycles. The van der Waals surface area contributed by atoms with Gasteiger partial charge in [0.25, 0.3) is 17.8 Å². The van der Waals surface area contributed by atoms with Crippen LogP contribution in [-0.2, 0) is 0 Å². The highest BCUT2D eigenvalue weighted by Gasteiger charge is 2.32. The lowest BCUT2D eigenvalue weighted by Gasteiger charge is -2.21. The van der Waals surface area contributed by atoms with Crippen LogP contribution in [0.5, 0.6) is 0 Å². The molecule has 0 unspecified atom stereocenters. The molecule has 0 N–H and O–H groups in total. The minimum Gasteiger partial charge on any atom is -0.463 e. The van der Waals surface area contributed by atoms with Crippen LogP contribution in [-0.4, -0.2) is 27.0 Å². The van der Waals surface area contributed by atoms with Crippen molar-refractivity contribution in [1.29, 1.82) is 0 Å². The first-order valence-electron chi connectivity index (χ1n) is 10.9. The maximum absolute atomic E-state index is 13.8. The molecule has 0 fully saturated rings. The lowest BCUT2D eigenvalue weighted by molar-refractivity contribution is 0.0894. The first-order chi connectivity index (χ1) is 17.0. The fourth-order valence-corrected chi connectivity index (χ4v) is 3.72. The number of furan rings is 2. The zero-order valence-corrected chi connectivity index (χ0v) is 19.0. The van der Waals surface area contributed by atoms with Crippen molar-refractivity contribution in [2.45, 2.75) is 13.8 Å². The summed E-state index contributed by atoms with van der Waals surface area (Å²) in [6.45, 7) is 3.61. The van der Waals surface area contributed by atoms with Crippen molar-refractivity contribution in [3.63, 3.8) is 0 Å². The molecule has 0 atom stereocenters. The number of aryl methyl sites for hydroxylation is 2. The van der Waals surface area contributed by atoms with Crippen molar-refractivity contribution in [3.05, 3.63) is 108 Å². The number of anilines is 1. The van der Waals surface area contributed by atoms with E-state index in [0.717, 1.165) is 4.90 Å². The van der Waals surface area contributed by atoms with Gasteiger partial charge in [0.2, 0.25) is 0 Å². The third kappa shape index (κ3) is 4.13. The van der Waals surface area contributed by atoms with E-state index < -0.39 is 11.8 Å². The van der Waals surface area contributed by atoms with Crippen LogP contribution < -0.4 is 4.90 Å². The van der Waals surface area contributed by atoms with Gasteiger partial charge in [0.15, 0.2) is 17.2 Å². The topological polar surface area (TPSA) is 102 Å². The zero-order valence-electron chi connectivity index (χ0n) is 19.0. The van der Waals surface area contributed by atoms with Gasteiger partial charge in [-0.25, -0.2) is 9.88 Å². The number of nitrogens with zero attached hydrogens (tertiary/aromatic N) is 4. The predicted octanol–water partition coefficient (Wildman–Crippen LogP) is 5.50. The van der Waals surface area contributed by atoms with Crippen molar-refractivity contribution in [1.82, 2.24) is 15.2 Å². The molecule has 0 radical (unpaired) electrons. The lowest BCUT2D eigenvalue weighted by atomic mass is 10.1. The summed E-state index contributed by atoms with van der Waals surface area (Å²) in [6.07, 6.45) is 3.00. The number of hydrogen-bond acceptors (Lipinski definition) is 7. The van der Waals surface area contributed by atoms with Gasteiger partial charge in [0.05, 0.1) is 12.5 Å². The van der Waals surface area contributed by atoms with Crippen LogP contribution in [0.3, 0.4) is 0 Å². The number of carbonyl (C=O) groups is 2. The van der Waals surface area contributed by atoms with Crippen LogP contribution in [0.1, 0.15) is 31.8 Å². The Labute approximate surface area is 200 Å². The summed E-state index contributed by atoms with van der Waals surface area (Å²) in [5.41, 5.74) is 2.74. The summed E-state index contributed by atoms with van der Waals surface area (Å²) >= 11 is 0. The predicted molar refractivity (Wildman–Crippen MR) is 129 cm³/mol. The van der Waals surface area contributed by atoms with E-state index in [1.807, 2.05) is 12.1 Å². The third-order valence-electron chi connectivity index (χ3n) is 5.54. The standard InChI is InChI=1S/C27H20N4O4/c1-17-9-3-5-11-19(17)25(32)31(26(33)20-12-6-4-10-18(20)2)27-28-23(21-13-7-15-34-21)24(29-30-27)22-14-8-16-35-22/h3-16H,1-2H3. The quantitative estimate of drug-likeness (QED) is 0.317. The second-order valence-electron chi connectivity index (χ2n) is 7.84. The van der Waals surface area contributed by atoms with Crippen LogP contribution in [0.4, 0.5) is 5.95 Å². The number of benzene rings is 2. The molecule has 0 aliphatic heterocycles. The molecule has 0 aliphatic carbocycles. The lowest BCUT2D eigenvalue weighted by Crippen LogP contribution is -2.39. The van der Waals surface area contributed by atoms with E-state index in [9.17, 15) is 9.59 Å². The van der Waals surface area contributed by atoms with E-state index in [1.165, 1.54) is 12.5 Å². The minimum atomic E-state index is -0.561. The minimum absolute atomic E-state index is 0.173. The van der Waals surface area contributed by atoms with Gasteiger partial charge in [0.1, 0.15) is 5.69 Å². The zero-order chi connectivity index (χ0) is 24.4. The molecular weight excluding hydrogens is 444 g/mol. The van der Waals surface area contributed by atoms with E-state index in [1.54, 1.807) is 74.5 Å². The van der Waals surface area contributed by atoms with Crippen LogP contribution >= 0.6 is 0 Å². The number of rotatable bonds is 5. The van der Waals surface area contributed by atoms with Gasteiger partial charge in [-0.3, -0.25) is 9.59 Å². The Morgan fingerprint density at radius 2 is 1.17 bits per heavy atom. The smallest absolute Gasteiger partial charge is 0.268 e. The Kier molecular flexibility index (Phi) is 5.76. The van der Waals surface area contributed by atoms with Crippen LogP contribution in [0, 0.1) is 13.8 Å². The SMILES string of the molecule is Cc1ccccc1C(=O)N(C(=O)c1ccccc1C)c1nnc(-c2ccco2)c(-c2ccco2)n1. The summed E-state index contributed by atoms with van der Waals surface area (Å²) in [5, 5.41) is 8.46. The Hall–Kier alpha value is -4.85. The molecule has 3 aromatic heterocycles. The number of amides is 2. The monoisotopic (exact) mass is 464 g/mol. The van der Waals surface area contributed by atoms with Crippen molar-refractivity contribution in [2.24, 2.45) is 0 Å². The number of hydrogen-bond donors (Lipinski definition) is 0. The average molecular weight is 464 g/mol. The van der Waals surface area contributed by atoms with E-state index >= 15 is 0 Å². The largest absolute Gasteiger partial charge is 0.463 e. The highest BCUT2D eigenvalue weighted by molar-refractivity contribution is 6.25. The van der Waals surface area contributed by atoms with E-state index in [-0.39, 0.29) is 11.6 Å². The van der Waals surface area contributed by atoms with Crippen molar-refractivity contribution in [2.75, 3.05) is 4.90 Å². The van der Waals surface area contributed by atoms with Crippen molar-refractivity contribution in [3.8, 4) is 22.9 Å². The molecule has 0 bridgehead atoms. The maximum atomic E-state index is 13.8. The first kappa shape index (κ1) is 22.0. The second-order valence-corrected chi connectivity index (χ2v) is 7.84. The molecule has 8 nitrogen and oxygen atoms in total. The Balaban J connectivity index is 1.70. The first-order valence-corrected chi connectivity index (χ1v) is 10.9. The molecule has 172 valence electrons. The molecule has 2 amide bonds. The van der Waals surface area contributed by atoms with Crippen LogP contribution in [0.2, 0.25) is 0 Å². The second kappa shape index (κ2) is 9.18. The molecule has 0 saturated carbocycles. The third-order valence-corrected chi connectivity index (χ3v) is 5.54. The van der Waals surface area contributed by atoms with Gasteiger partial charge < -0.3 is 8.83 Å². The average Bonchev–Trinajstić information content (AvgIpc) is 3.59. The van der Waals surface area contributed by atoms with Gasteiger partial charge in [0, 0.05) is 11.1 Å². The number of carbonyl (C=O) groups excluding carboxylic acids is 2. The van der Waals surface area contributed by atoms with Gasteiger partial charge >= 0.3 is 0 Å². The van der Waals surface area contributed by atoms with Crippen LogP contribution in [0.25, 0.3) is 22.9 Å². The summed E-state index contributed by atoms with van der Waals surface area (Å²) in [4.78, 5) is 33.1. The fraction of sp³-hybridized carbons (Fsp3) is 0.0741. The summed E-state index contributed by atoms with van der Waals surface area (Å²) < 4.78 is 11.1. The molecular formula is C27H20N4O4. The van der Waals surface area contributed by atoms with E-state index in [2.05, 4.69) is 15.2 Å². The van der Waals surface area contributed by atoms with Gasteiger partial charge in [-0.15, -0.1) is 10.2 Å². The molecule has 0 spiro atoms. The molecule has 3 heterocycles. The van der Waals surface area contributed by atoms with Crippen molar-refractivity contribution < 1.29 is 18.4 Å². The van der Waals surface area contributed by atoms with Crippen LogP contribution in [0.15, 0.2) is 94.2 Å². The Morgan fingerprint density at radius 1 is 0.657 bits per heavy atom. The maximum Gasteiger partial charge on any atom is 0.268 e. The number of imide groups is 1. The fourth-order valence-electron chi connectivity index (χ4n) is 3.72. The molecule has 5 rings (SSSR count). The van der Waals surface area contributed by atoms with Gasteiger partial charge in [-0.2, -0.15) is 0 Å². The Bertz CT molecular complexity index is 1450. The number of aromatic nitrogens is 3. The highest BCUT2D eigenvalue weighted by atomic mass is 16.3. The Morgan fingerprint density at radius 3 is 1.66 bits per heavy atom. The molecule has 0 saturated heterocycles. The summed E-state index contributed by atoms with van der Waals surface area (Å²) in [7, 11) is 0. The van der Waals surface area contributed by atoms with E-state index in [4.69, 9.17) is 8.83 Å². The normalized spacial score (nSPS) is 10.8. The van der Waals surface area contributed by atoms with E-state index in [0.29, 0.717) is 39.5 Å². The molecule has 8 heteroatoms. The summed E-state index contributed by atoms with van der Waals surface area (Å²) in [5.74, 6) is -0.485. The molecule has 35 heavy (non-hydrogen) atoms. The molecule has 5 aromatic rings.